The van der Waals surface area contributed by atoms with Gasteiger partial charge in [0.1, 0.15) is 0 Å². The minimum Gasteiger partial charge on any atom is -0.357 e. The van der Waals surface area contributed by atoms with Crippen LogP contribution in [0.5, 0.6) is 0 Å². The molecule has 0 atom stereocenters. The van der Waals surface area contributed by atoms with Crippen molar-refractivity contribution >= 4 is 11.9 Å². The van der Waals surface area contributed by atoms with Crippen molar-refractivity contribution < 1.29 is 4.79 Å². The summed E-state index contributed by atoms with van der Waals surface area (Å²) in [4.78, 5) is 19.3. The summed E-state index contributed by atoms with van der Waals surface area (Å²) in [6.45, 7) is 9.88. The molecule has 0 spiro atoms. The van der Waals surface area contributed by atoms with Crippen LogP contribution in [0, 0.1) is 11.8 Å². The van der Waals surface area contributed by atoms with Gasteiger partial charge in [0.25, 0.3) is 0 Å². The predicted octanol–water partition coefficient (Wildman–Crippen LogP) is 3.16. The molecule has 25 heavy (non-hydrogen) atoms. The van der Waals surface area contributed by atoms with Crippen molar-refractivity contribution in [3.63, 3.8) is 0 Å². The highest BCUT2D eigenvalue weighted by Gasteiger charge is 2.26. The lowest BCUT2D eigenvalue weighted by Gasteiger charge is -2.34. The van der Waals surface area contributed by atoms with E-state index in [9.17, 15) is 4.79 Å². The molecule has 0 radical (unpaired) electrons. The van der Waals surface area contributed by atoms with E-state index in [1.54, 1.807) is 0 Å². The molecule has 0 aromatic rings. The van der Waals surface area contributed by atoms with Gasteiger partial charge >= 0.3 is 0 Å². The third-order valence-corrected chi connectivity index (χ3v) is 5.56. The molecule has 1 aliphatic carbocycles. The fourth-order valence-electron chi connectivity index (χ4n) is 3.63. The van der Waals surface area contributed by atoms with Crippen LogP contribution in [0.3, 0.4) is 0 Å². The number of guanidine groups is 1. The van der Waals surface area contributed by atoms with E-state index in [0.717, 1.165) is 63.7 Å². The van der Waals surface area contributed by atoms with E-state index >= 15 is 0 Å². The van der Waals surface area contributed by atoms with Gasteiger partial charge < -0.3 is 15.5 Å². The van der Waals surface area contributed by atoms with Crippen LogP contribution in [0.25, 0.3) is 0 Å². The maximum atomic E-state index is 12.5. The third-order valence-electron chi connectivity index (χ3n) is 5.56. The van der Waals surface area contributed by atoms with Crippen molar-refractivity contribution in [2.24, 2.45) is 16.8 Å². The lowest BCUT2D eigenvalue weighted by Crippen LogP contribution is -2.50. The Morgan fingerprint density at radius 1 is 1.12 bits per heavy atom. The first-order valence-corrected chi connectivity index (χ1v) is 10.5. The van der Waals surface area contributed by atoms with Crippen LogP contribution in [0.2, 0.25) is 0 Å². The highest BCUT2D eigenvalue weighted by atomic mass is 16.2. The Hall–Kier alpha value is -1.26. The maximum Gasteiger partial charge on any atom is 0.225 e. The number of carbonyl (C=O) groups is 1. The van der Waals surface area contributed by atoms with Crippen LogP contribution in [0.4, 0.5) is 0 Å². The highest BCUT2D eigenvalue weighted by molar-refractivity contribution is 5.80. The quantitative estimate of drug-likeness (QED) is 0.381. The molecule has 0 aromatic heterocycles. The molecule has 0 unspecified atom stereocenters. The fourth-order valence-corrected chi connectivity index (χ4v) is 3.63. The molecule has 0 aromatic carbocycles. The van der Waals surface area contributed by atoms with E-state index in [1.807, 2.05) is 0 Å². The molecule has 0 bridgehead atoms. The van der Waals surface area contributed by atoms with E-state index < -0.39 is 0 Å². The summed E-state index contributed by atoms with van der Waals surface area (Å²) in [5.74, 6) is 2.49. The molecule has 144 valence electrons. The van der Waals surface area contributed by atoms with Crippen molar-refractivity contribution in [1.82, 2.24) is 15.5 Å². The van der Waals surface area contributed by atoms with E-state index in [0.29, 0.717) is 11.9 Å². The molecule has 2 aliphatic rings. The number of hydrogen-bond donors (Lipinski definition) is 2. The predicted molar refractivity (Wildman–Crippen MR) is 105 cm³/mol. The lowest BCUT2D eigenvalue weighted by molar-refractivity contribution is -0.136. The molecule has 2 N–H and O–H groups in total. The van der Waals surface area contributed by atoms with E-state index in [4.69, 9.17) is 4.99 Å². The van der Waals surface area contributed by atoms with Crippen molar-refractivity contribution in [3.05, 3.63) is 0 Å². The minimum atomic E-state index is 0.204. The van der Waals surface area contributed by atoms with E-state index in [2.05, 4.69) is 36.3 Å². The van der Waals surface area contributed by atoms with Gasteiger partial charge in [-0.2, -0.15) is 0 Å². The van der Waals surface area contributed by atoms with Crippen molar-refractivity contribution in [2.45, 2.75) is 78.2 Å². The average Bonchev–Trinajstić information content (AvgIpc) is 3.45. The topological polar surface area (TPSA) is 56.7 Å². The van der Waals surface area contributed by atoms with E-state index in [-0.39, 0.29) is 5.92 Å². The summed E-state index contributed by atoms with van der Waals surface area (Å²) in [5, 5.41) is 6.94. The van der Waals surface area contributed by atoms with Crippen LogP contribution in [-0.2, 0) is 4.79 Å². The van der Waals surface area contributed by atoms with Gasteiger partial charge in [0.15, 0.2) is 5.96 Å². The first kappa shape index (κ1) is 20.1. The first-order valence-electron chi connectivity index (χ1n) is 10.5. The molecular formula is C20H38N4O. The Bertz CT molecular complexity index is 421. The number of aliphatic imine (C=N–C) groups is 1. The van der Waals surface area contributed by atoms with Gasteiger partial charge in [-0.3, -0.25) is 9.79 Å². The van der Waals surface area contributed by atoms with Crippen LogP contribution >= 0.6 is 0 Å². The summed E-state index contributed by atoms with van der Waals surface area (Å²) >= 11 is 0. The summed E-state index contributed by atoms with van der Waals surface area (Å²) < 4.78 is 0. The summed E-state index contributed by atoms with van der Waals surface area (Å²) in [6, 6.07) is 0.423. The Morgan fingerprint density at radius 3 is 2.36 bits per heavy atom. The zero-order valence-corrected chi connectivity index (χ0v) is 16.5. The molecule has 1 saturated heterocycles. The number of rotatable bonds is 9. The van der Waals surface area contributed by atoms with Gasteiger partial charge in [0.2, 0.25) is 5.91 Å². The Balaban J connectivity index is 1.73. The normalized spacial score (nSPS) is 19.4. The fraction of sp³-hybridized carbons (Fsp3) is 0.900. The first-order chi connectivity index (χ1) is 12.2. The smallest absolute Gasteiger partial charge is 0.225 e. The molecule has 2 rings (SSSR count). The molecule has 1 aliphatic heterocycles. The lowest BCUT2D eigenvalue weighted by atomic mass is 9.98. The summed E-state index contributed by atoms with van der Waals surface area (Å²) in [7, 11) is 0. The highest BCUT2D eigenvalue weighted by Crippen LogP contribution is 2.33. The van der Waals surface area contributed by atoms with Crippen molar-refractivity contribution in [2.75, 3.05) is 26.2 Å². The standard InChI is InChI=1S/C20H38N4O/c1-4-17(5-2)19(25)24-14-11-18(12-15-24)23-20(21-6-3)22-13-7-8-16-9-10-16/h16-18H,4-15H2,1-3H3,(H2,21,22,23). The number of carbonyl (C=O) groups excluding carboxylic acids is 1. The van der Waals surface area contributed by atoms with Gasteiger partial charge in [-0.25, -0.2) is 0 Å². The monoisotopic (exact) mass is 350 g/mol. The van der Waals surface area contributed by atoms with Crippen LogP contribution in [0.15, 0.2) is 4.99 Å². The SMILES string of the molecule is CCNC(=NCCCC1CC1)NC1CCN(C(=O)C(CC)CC)CC1. The van der Waals surface area contributed by atoms with Crippen LogP contribution in [0.1, 0.15) is 72.1 Å². The van der Waals surface area contributed by atoms with Crippen molar-refractivity contribution in [3.8, 4) is 0 Å². The van der Waals surface area contributed by atoms with Gasteiger partial charge in [-0.05, 0) is 51.4 Å². The number of amides is 1. The average molecular weight is 351 g/mol. The van der Waals surface area contributed by atoms with Gasteiger partial charge in [-0.1, -0.05) is 26.7 Å². The Morgan fingerprint density at radius 2 is 1.80 bits per heavy atom. The van der Waals surface area contributed by atoms with Crippen LogP contribution < -0.4 is 10.6 Å². The zero-order chi connectivity index (χ0) is 18.1. The number of hydrogen-bond acceptors (Lipinski definition) is 2. The molecule has 1 heterocycles. The molecule has 1 amide bonds. The molecular weight excluding hydrogens is 312 g/mol. The zero-order valence-electron chi connectivity index (χ0n) is 16.5. The van der Waals surface area contributed by atoms with Crippen molar-refractivity contribution in [1.29, 1.82) is 0 Å². The largest absolute Gasteiger partial charge is 0.357 e. The number of likely N-dealkylation sites (tertiary alicyclic amines) is 1. The molecule has 2 fully saturated rings. The number of piperidine rings is 1. The molecule has 5 nitrogen and oxygen atoms in total. The molecule has 5 heteroatoms. The third kappa shape index (κ3) is 6.87. The minimum absolute atomic E-state index is 0.204. The summed E-state index contributed by atoms with van der Waals surface area (Å²) in [5.41, 5.74) is 0. The second-order valence-electron chi connectivity index (χ2n) is 7.60. The van der Waals surface area contributed by atoms with Gasteiger partial charge in [0.05, 0.1) is 0 Å². The second kappa shape index (κ2) is 10.7. The van der Waals surface area contributed by atoms with Gasteiger partial charge in [0, 0.05) is 38.1 Å². The van der Waals surface area contributed by atoms with Crippen LogP contribution in [-0.4, -0.2) is 49.0 Å². The maximum absolute atomic E-state index is 12.5. The van der Waals surface area contributed by atoms with E-state index in [1.165, 1.54) is 25.7 Å². The Kier molecular flexibility index (Phi) is 8.56. The summed E-state index contributed by atoms with van der Waals surface area (Å²) in [6.07, 6.45) is 9.31. The number of nitrogens with one attached hydrogen (secondary N) is 2. The Labute approximate surface area is 154 Å². The molecule has 1 saturated carbocycles. The second-order valence-corrected chi connectivity index (χ2v) is 7.60. The number of nitrogens with zero attached hydrogens (tertiary/aromatic N) is 2. The van der Waals surface area contributed by atoms with Gasteiger partial charge in [-0.15, -0.1) is 0 Å².